The standard InChI is InChI=1S/C30H29F4N7O3S/c1-17(2)22-10-4-18(3)12-25(22)41-27(42)15-45-29(41)38-28(43)37-24-11-5-19(13-23(24)31)35-14-26-36-16-40(39-26)20-6-8-21(9-7-20)44-30(32,33)34/h4-13,16-17,26,35,39H,14-15H2,1-3H3,(H,37,43). The summed E-state index contributed by atoms with van der Waals surface area (Å²) in [5.41, 5.74) is 6.49. The second-order valence-corrected chi connectivity index (χ2v) is 11.4. The molecule has 10 nitrogen and oxygen atoms in total. The van der Waals surface area contributed by atoms with E-state index in [4.69, 9.17) is 0 Å². The molecule has 1 atom stereocenters. The van der Waals surface area contributed by atoms with Gasteiger partial charge < -0.3 is 15.4 Å². The number of alkyl halides is 3. The number of nitrogens with one attached hydrogen (secondary N) is 3. The largest absolute Gasteiger partial charge is 0.573 e. The van der Waals surface area contributed by atoms with Crippen LogP contribution in [-0.4, -0.2) is 48.3 Å². The van der Waals surface area contributed by atoms with Crippen LogP contribution in [0.4, 0.5) is 45.1 Å². The Kier molecular flexibility index (Phi) is 9.29. The number of amides is 3. The van der Waals surface area contributed by atoms with Gasteiger partial charge in [-0.05, 0) is 72.5 Å². The zero-order valence-corrected chi connectivity index (χ0v) is 25.2. The third-order valence-electron chi connectivity index (χ3n) is 6.72. The van der Waals surface area contributed by atoms with Crippen LogP contribution in [0.5, 0.6) is 5.75 Å². The maximum atomic E-state index is 14.9. The maximum absolute atomic E-state index is 14.9. The number of rotatable bonds is 8. The van der Waals surface area contributed by atoms with E-state index in [1.165, 1.54) is 52.6 Å². The lowest BCUT2D eigenvalue weighted by Gasteiger charge is -2.22. The second-order valence-electron chi connectivity index (χ2n) is 10.5. The zero-order valence-electron chi connectivity index (χ0n) is 24.4. The van der Waals surface area contributed by atoms with Crippen LogP contribution in [0.25, 0.3) is 0 Å². The highest BCUT2D eigenvalue weighted by Gasteiger charge is 2.33. The lowest BCUT2D eigenvalue weighted by Crippen LogP contribution is -2.40. The lowest BCUT2D eigenvalue weighted by molar-refractivity contribution is -0.274. The van der Waals surface area contributed by atoms with Crippen LogP contribution in [0.3, 0.4) is 0 Å². The van der Waals surface area contributed by atoms with Crippen LogP contribution in [0.2, 0.25) is 0 Å². The summed E-state index contributed by atoms with van der Waals surface area (Å²) >= 11 is 1.14. The van der Waals surface area contributed by atoms with Gasteiger partial charge in [0.25, 0.3) is 0 Å². The number of thioether (sulfide) groups is 1. The number of carbonyl (C=O) groups excluding carboxylic acids is 2. The Morgan fingerprint density at radius 2 is 1.91 bits per heavy atom. The molecule has 0 saturated carbocycles. The minimum atomic E-state index is -4.78. The van der Waals surface area contributed by atoms with Gasteiger partial charge in [0.2, 0.25) is 5.91 Å². The highest BCUT2D eigenvalue weighted by atomic mass is 32.2. The fourth-order valence-electron chi connectivity index (χ4n) is 4.61. The SMILES string of the molecule is Cc1ccc(C(C)C)c(N2C(=O)CSC2=NC(=O)Nc2ccc(NCC3N=CN(c4ccc(OC(F)(F)F)cc4)N3)cc2F)c1. The first-order valence-corrected chi connectivity index (χ1v) is 14.8. The van der Waals surface area contributed by atoms with Crippen molar-refractivity contribution in [2.24, 2.45) is 9.98 Å². The highest BCUT2D eigenvalue weighted by molar-refractivity contribution is 8.15. The zero-order chi connectivity index (χ0) is 32.3. The van der Waals surface area contributed by atoms with Gasteiger partial charge in [0.15, 0.2) is 5.17 Å². The summed E-state index contributed by atoms with van der Waals surface area (Å²) in [5, 5.41) is 7.24. The van der Waals surface area contributed by atoms with E-state index >= 15 is 0 Å². The summed E-state index contributed by atoms with van der Waals surface area (Å²) in [4.78, 5) is 35.4. The van der Waals surface area contributed by atoms with Crippen LogP contribution in [0, 0.1) is 12.7 Å². The molecule has 5 rings (SSSR count). The van der Waals surface area contributed by atoms with Crippen molar-refractivity contribution < 1.29 is 31.9 Å². The number of hydrogen-bond acceptors (Lipinski definition) is 8. The van der Waals surface area contributed by atoms with Gasteiger partial charge in [0.1, 0.15) is 24.1 Å². The molecule has 0 aromatic heterocycles. The van der Waals surface area contributed by atoms with Crippen molar-refractivity contribution in [3.8, 4) is 5.75 Å². The number of hydrogen-bond donors (Lipinski definition) is 3. The number of anilines is 4. The van der Waals surface area contributed by atoms with Gasteiger partial charge in [0, 0.05) is 5.69 Å². The molecule has 0 spiro atoms. The second kappa shape index (κ2) is 13.2. The molecule has 45 heavy (non-hydrogen) atoms. The van der Waals surface area contributed by atoms with E-state index in [9.17, 15) is 27.2 Å². The van der Waals surface area contributed by atoms with Crippen molar-refractivity contribution in [2.75, 3.05) is 32.8 Å². The molecule has 2 heterocycles. The third kappa shape index (κ3) is 7.91. The molecule has 1 saturated heterocycles. The molecule has 3 aromatic carbocycles. The molecule has 0 aliphatic carbocycles. The monoisotopic (exact) mass is 643 g/mol. The Labute approximate surface area is 260 Å². The van der Waals surface area contributed by atoms with Gasteiger partial charge in [-0.2, -0.15) is 4.99 Å². The van der Waals surface area contributed by atoms with Gasteiger partial charge in [-0.3, -0.25) is 19.7 Å². The van der Waals surface area contributed by atoms with Crippen LogP contribution < -0.4 is 30.7 Å². The van der Waals surface area contributed by atoms with E-state index in [0.29, 0.717) is 17.1 Å². The number of nitrogens with zero attached hydrogens (tertiary/aromatic N) is 4. The topological polar surface area (TPSA) is 111 Å². The van der Waals surface area contributed by atoms with E-state index < -0.39 is 24.4 Å². The maximum Gasteiger partial charge on any atom is 0.573 e. The summed E-state index contributed by atoms with van der Waals surface area (Å²) in [5.74, 6) is -0.974. The number of benzene rings is 3. The number of urea groups is 1. The Morgan fingerprint density at radius 1 is 1.16 bits per heavy atom. The van der Waals surface area contributed by atoms with Crippen LogP contribution >= 0.6 is 11.8 Å². The van der Waals surface area contributed by atoms with Crippen LogP contribution in [-0.2, 0) is 4.79 Å². The average Bonchev–Trinajstić information content (AvgIpc) is 3.59. The van der Waals surface area contributed by atoms with E-state index in [2.05, 4.69) is 30.8 Å². The molecule has 0 radical (unpaired) electrons. The predicted molar refractivity (Wildman–Crippen MR) is 168 cm³/mol. The molecule has 1 fully saturated rings. The number of ether oxygens (including phenoxy) is 1. The summed E-state index contributed by atoms with van der Waals surface area (Å²) in [6.45, 7) is 6.20. The molecule has 0 bridgehead atoms. The van der Waals surface area contributed by atoms with E-state index in [1.807, 2.05) is 39.0 Å². The first-order valence-electron chi connectivity index (χ1n) is 13.8. The molecular weight excluding hydrogens is 614 g/mol. The van der Waals surface area contributed by atoms with E-state index in [-0.39, 0.29) is 40.7 Å². The first kappa shape index (κ1) is 31.8. The summed E-state index contributed by atoms with van der Waals surface area (Å²) < 4.78 is 56.0. The minimum Gasteiger partial charge on any atom is -0.406 e. The van der Waals surface area contributed by atoms with Crippen LogP contribution in [0.15, 0.2) is 70.6 Å². The number of hydrazine groups is 1. The lowest BCUT2D eigenvalue weighted by atomic mass is 9.99. The van der Waals surface area contributed by atoms with Crippen LogP contribution in [0.1, 0.15) is 30.9 Å². The predicted octanol–water partition coefficient (Wildman–Crippen LogP) is 6.62. The summed E-state index contributed by atoms with van der Waals surface area (Å²) in [6.07, 6.45) is -3.75. The van der Waals surface area contributed by atoms with Gasteiger partial charge in [-0.15, -0.1) is 13.2 Å². The molecular formula is C30H29F4N7O3S. The smallest absolute Gasteiger partial charge is 0.406 e. The van der Waals surface area contributed by atoms with Crippen molar-refractivity contribution in [3.05, 3.63) is 77.6 Å². The number of aliphatic imine (C=N–C) groups is 2. The quantitative estimate of drug-likeness (QED) is 0.237. The third-order valence-corrected chi connectivity index (χ3v) is 7.64. The molecule has 2 aliphatic heterocycles. The molecule has 15 heteroatoms. The van der Waals surface area contributed by atoms with E-state index in [0.717, 1.165) is 22.9 Å². The highest BCUT2D eigenvalue weighted by Crippen LogP contribution is 2.34. The van der Waals surface area contributed by atoms with E-state index in [1.54, 1.807) is 6.07 Å². The normalized spacial score (nSPS) is 17.5. The minimum absolute atomic E-state index is 0.0877. The number of amidine groups is 1. The Morgan fingerprint density at radius 3 is 2.60 bits per heavy atom. The number of aryl methyl sites for hydroxylation is 1. The molecule has 1 unspecified atom stereocenters. The first-order chi connectivity index (χ1) is 21.4. The fourth-order valence-corrected chi connectivity index (χ4v) is 5.47. The molecule has 3 N–H and O–H groups in total. The summed E-state index contributed by atoms with van der Waals surface area (Å²) in [7, 11) is 0. The molecule has 2 aliphatic rings. The average molecular weight is 644 g/mol. The molecule has 3 amide bonds. The Balaban J connectivity index is 1.17. The van der Waals surface area contributed by atoms with Crippen molar-refractivity contribution in [1.82, 2.24) is 5.43 Å². The number of halogens is 4. The molecule has 3 aromatic rings. The van der Waals surface area contributed by atoms with Gasteiger partial charge >= 0.3 is 12.4 Å². The van der Waals surface area contributed by atoms with Gasteiger partial charge in [0.05, 0.1) is 29.4 Å². The van der Waals surface area contributed by atoms with Crippen molar-refractivity contribution in [3.63, 3.8) is 0 Å². The van der Waals surface area contributed by atoms with Gasteiger partial charge in [-0.1, -0.05) is 37.7 Å². The summed E-state index contributed by atoms with van der Waals surface area (Å²) in [6, 6.07) is 14.4. The Bertz CT molecular complexity index is 1650. The molecule has 236 valence electrons. The van der Waals surface area contributed by atoms with Crippen molar-refractivity contribution in [2.45, 2.75) is 39.2 Å². The van der Waals surface area contributed by atoms with Gasteiger partial charge in [-0.25, -0.2) is 14.6 Å². The van der Waals surface area contributed by atoms with Crippen molar-refractivity contribution in [1.29, 1.82) is 0 Å². The van der Waals surface area contributed by atoms with Crippen molar-refractivity contribution >= 4 is 58.0 Å². The Hall–Kier alpha value is -4.63. The number of carbonyl (C=O) groups is 2. The fraction of sp³-hybridized carbons (Fsp3) is 0.267.